The molecule has 2 aromatic rings. The van der Waals surface area contributed by atoms with Gasteiger partial charge in [0.05, 0.1) is 45.1 Å². The van der Waals surface area contributed by atoms with E-state index in [4.69, 9.17) is 0 Å². The van der Waals surface area contributed by atoms with Gasteiger partial charge >= 0.3 is 0 Å². The van der Waals surface area contributed by atoms with Crippen LogP contribution in [0.3, 0.4) is 0 Å². The molecule has 0 aliphatic carbocycles. The van der Waals surface area contributed by atoms with E-state index in [1.807, 2.05) is 6.07 Å². The average Bonchev–Trinajstić information content (AvgIpc) is 3.35. The lowest BCUT2D eigenvalue weighted by Crippen LogP contribution is -2.46. The number of anilines is 1. The van der Waals surface area contributed by atoms with Gasteiger partial charge in [-0.1, -0.05) is 12.1 Å². The molecule has 0 spiro atoms. The van der Waals surface area contributed by atoms with Crippen LogP contribution in [0.1, 0.15) is 10.4 Å². The first kappa shape index (κ1) is 22.6. The van der Waals surface area contributed by atoms with Crippen molar-refractivity contribution in [2.24, 2.45) is 11.8 Å². The largest absolute Gasteiger partial charge is 0.359 e. The molecule has 36 heavy (non-hydrogen) atoms. The van der Waals surface area contributed by atoms with Gasteiger partial charge in [0.25, 0.3) is 11.4 Å². The van der Waals surface area contributed by atoms with E-state index < -0.39 is 51.4 Å². The van der Waals surface area contributed by atoms with Gasteiger partial charge in [-0.05, 0) is 24.3 Å². The molecule has 4 atom stereocenters. The SMILES string of the molecule is N#CC1=C[C@@H]2[C@H]3C(=O)N(c4ccc([N+](=O)[O-])cc4)C(=O)[C@@H]3[C@@H](C(=O)c3cccc([N+](=O)[O-])c3)N2C=C1. The van der Waals surface area contributed by atoms with Crippen molar-refractivity contribution in [1.29, 1.82) is 5.26 Å². The summed E-state index contributed by atoms with van der Waals surface area (Å²) in [5.74, 6) is -4.00. The molecule has 2 fully saturated rings. The van der Waals surface area contributed by atoms with Crippen LogP contribution in [-0.2, 0) is 9.59 Å². The molecule has 3 aliphatic heterocycles. The maximum Gasteiger partial charge on any atom is 0.270 e. The molecular formula is C24H15N5O7. The molecule has 3 heterocycles. The maximum atomic E-state index is 13.6. The quantitative estimate of drug-likeness (QED) is 0.267. The molecule has 2 saturated heterocycles. The second kappa shape index (κ2) is 8.24. The van der Waals surface area contributed by atoms with Crippen molar-refractivity contribution in [3.05, 3.63) is 98.2 Å². The predicted octanol–water partition coefficient (Wildman–Crippen LogP) is 2.52. The van der Waals surface area contributed by atoms with Crippen molar-refractivity contribution in [3.8, 4) is 6.07 Å². The van der Waals surface area contributed by atoms with E-state index in [2.05, 4.69) is 0 Å². The van der Waals surface area contributed by atoms with E-state index in [0.717, 1.165) is 11.0 Å². The molecule has 0 aromatic heterocycles. The number of amides is 2. The minimum absolute atomic E-state index is 0.00564. The Morgan fingerprint density at radius 3 is 2.25 bits per heavy atom. The standard InChI is InChI=1S/C24H15N5O7/c25-12-13-8-9-26-18(10-13)19-20(21(26)22(30)14-2-1-3-17(11-14)29(35)36)24(32)27(23(19)31)15-4-6-16(7-5-15)28(33)34/h1-11,18-21H/t18-,19-,20+,21+/m1/s1. The Hall–Kier alpha value is -5.18. The number of nitro groups is 2. The molecule has 178 valence electrons. The predicted molar refractivity (Wildman–Crippen MR) is 122 cm³/mol. The Labute approximate surface area is 202 Å². The highest BCUT2D eigenvalue weighted by Gasteiger charge is 2.63. The zero-order valence-electron chi connectivity index (χ0n) is 18.3. The summed E-state index contributed by atoms with van der Waals surface area (Å²) in [4.78, 5) is 64.2. The van der Waals surface area contributed by atoms with E-state index in [1.165, 1.54) is 60.8 Å². The molecule has 0 bridgehead atoms. The Kier molecular flexibility index (Phi) is 5.17. The van der Waals surface area contributed by atoms with E-state index in [9.17, 15) is 39.9 Å². The van der Waals surface area contributed by atoms with E-state index in [1.54, 1.807) is 4.90 Å². The fourth-order valence-corrected chi connectivity index (χ4v) is 5.04. The number of Topliss-reactive ketones (excluding diaryl/α,β-unsaturated/α-hetero) is 1. The molecule has 3 aliphatic rings. The van der Waals surface area contributed by atoms with Crippen LogP contribution in [0, 0.1) is 43.4 Å². The van der Waals surface area contributed by atoms with Crippen LogP contribution in [0.15, 0.2) is 72.5 Å². The highest BCUT2D eigenvalue weighted by molar-refractivity contribution is 6.24. The summed E-state index contributed by atoms with van der Waals surface area (Å²) < 4.78 is 0. The molecule has 12 nitrogen and oxygen atoms in total. The molecule has 2 amide bonds. The fourth-order valence-electron chi connectivity index (χ4n) is 5.04. The summed E-state index contributed by atoms with van der Waals surface area (Å²) in [5.41, 5.74) is -0.136. The number of carbonyl (C=O) groups excluding carboxylic acids is 3. The fraction of sp³-hybridized carbons (Fsp3) is 0.167. The van der Waals surface area contributed by atoms with Gasteiger partial charge in [-0.25, -0.2) is 4.90 Å². The topological polar surface area (TPSA) is 168 Å². The van der Waals surface area contributed by atoms with Crippen LogP contribution in [0.25, 0.3) is 0 Å². The average molecular weight is 485 g/mol. The van der Waals surface area contributed by atoms with Gasteiger partial charge in [0.2, 0.25) is 11.8 Å². The van der Waals surface area contributed by atoms with Crippen molar-refractivity contribution in [2.75, 3.05) is 4.90 Å². The number of non-ortho nitro benzene ring substituents is 2. The normalized spacial score (nSPS) is 24.1. The molecular weight excluding hydrogens is 470 g/mol. The summed E-state index contributed by atoms with van der Waals surface area (Å²) in [6.07, 6.45) is 4.47. The van der Waals surface area contributed by atoms with Crippen LogP contribution in [-0.4, -0.2) is 44.4 Å². The van der Waals surface area contributed by atoms with Crippen molar-refractivity contribution in [3.63, 3.8) is 0 Å². The van der Waals surface area contributed by atoms with Crippen molar-refractivity contribution < 1.29 is 24.2 Å². The third-order valence-electron chi connectivity index (χ3n) is 6.61. The molecule has 5 rings (SSSR count). The van der Waals surface area contributed by atoms with E-state index in [0.29, 0.717) is 0 Å². The lowest BCUT2D eigenvalue weighted by molar-refractivity contribution is -0.385. The number of allylic oxidation sites excluding steroid dienone is 2. The van der Waals surface area contributed by atoms with Gasteiger partial charge in [0.1, 0.15) is 6.04 Å². The van der Waals surface area contributed by atoms with Crippen molar-refractivity contribution >= 4 is 34.7 Å². The third-order valence-corrected chi connectivity index (χ3v) is 6.61. The van der Waals surface area contributed by atoms with Crippen LogP contribution in [0.5, 0.6) is 0 Å². The lowest BCUT2D eigenvalue weighted by atomic mass is 9.86. The highest BCUT2D eigenvalue weighted by atomic mass is 16.6. The smallest absolute Gasteiger partial charge is 0.270 e. The van der Waals surface area contributed by atoms with Crippen molar-refractivity contribution in [2.45, 2.75) is 12.1 Å². The number of ketones is 1. The first-order chi connectivity index (χ1) is 17.2. The number of fused-ring (bicyclic) bond motifs is 3. The number of nitro benzene ring substituents is 2. The molecule has 2 aromatic carbocycles. The van der Waals surface area contributed by atoms with Gasteiger partial charge in [-0.2, -0.15) is 5.26 Å². The summed E-state index contributed by atoms with van der Waals surface area (Å²) in [5, 5.41) is 31.6. The van der Waals surface area contributed by atoms with Gasteiger partial charge in [-0.3, -0.25) is 34.6 Å². The molecule has 0 radical (unpaired) electrons. The summed E-state index contributed by atoms with van der Waals surface area (Å²) in [7, 11) is 0. The van der Waals surface area contributed by atoms with Crippen LogP contribution >= 0.6 is 0 Å². The van der Waals surface area contributed by atoms with Crippen LogP contribution in [0.2, 0.25) is 0 Å². The Balaban J connectivity index is 1.58. The Morgan fingerprint density at radius 1 is 0.944 bits per heavy atom. The van der Waals surface area contributed by atoms with Gasteiger partial charge in [0.15, 0.2) is 5.78 Å². The number of nitrogens with zero attached hydrogens (tertiary/aromatic N) is 5. The Bertz CT molecular complexity index is 1460. The number of hydrogen-bond donors (Lipinski definition) is 0. The summed E-state index contributed by atoms with van der Waals surface area (Å²) in [6, 6.07) is 10.1. The molecule has 0 unspecified atom stereocenters. The maximum absolute atomic E-state index is 13.6. The number of nitriles is 1. The first-order valence-electron chi connectivity index (χ1n) is 10.7. The zero-order valence-corrected chi connectivity index (χ0v) is 18.3. The van der Waals surface area contributed by atoms with Crippen LogP contribution in [0.4, 0.5) is 17.1 Å². The zero-order chi connectivity index (χ0) is 25.7. The number of rotatable bonds is 5. The van der Waals surface area contributed by atoms with Crippen LogP contribution < -0.4 is 4.90 Å². The first-order valence-corrected chi connectivity index (χ1v) is 10.7. The summed E-state index contributed by atoms with van der Waals surface area (Å²) >= 11 is 0. The molecule has 12 heteroatoms. The molecule has 0 N–H and O–H groups in total. The van der Waals surface area contributed by atoms with E-state index in [-0.39, 0.29) is 28.2 Å². The third kappa shape index (κ3) is 3.33. The second-order valence-electron chi connectivity index (χ2n) is 8.44. The molecule has 0 saturated carbocycles. The van der Waals surface area contributed by atoms with Crippen molar-refractivity contribution in [1.82, 2.24) is 4.90 Å². The number of benzene rings is 2. The van der Waals surface area contributed by atoms with E-state index >= 15 is 0 Å². The highest BCUT2D eigenvalue weighted by Crippen LogP contribution is 2.47. The number of hydrogen-bond acceptors (Lipinski definition) is 9. The lowest BCUT2D eigenvalue weighted by Gasteiger charge is -2.32. The Morgan fingerprint density at radius 2 is 1.61 bits per heavy atom. The minimum atomic E-state index is -1.16. The monoisotopic (exact) mass is 485 g/mol. The van der Waals surface area contributed by atoms with Gasteiger partial charge in [-0.15, -0.1) is 0 Å². The number of imide groups is 1. The number of carbonyl (C=O) groups is 3. The van der Waals surface area contributed by atoms with Gasteiger partial charge < -0.3 is 4.90 Å². The van der Waals surface area contributed by atoms with Gasteiger partial charge in [0, 0.05) is 36.0 Å². The minimum Gasteiger partial charge on any atom is -0.359 e. The second-order valence-corrected chi connectivity index (χ2v) is 8.44. The summed E-state index contributed by atoms with van der Waals surface area (Å²) in [6.45, 7) is 0.